The maximum absolute atomic E-state index is 12.5. The lowest BCUT2D eigenvalue weighted by atomic mass is 10.2. The topological polar surface area (TPSA) is 77.5 Å². The van der Waals surface area contributed by atoms with Gasteiger partial charge in [-0.2, -0.15) is 0 Å². The first-order valence-electron chi connectivity index (χ1n) is 9.41. The number of hydrogen-bond donors (Lipinski definition) is 1. The summed E-state index contributed by atoms with van der Waals surface area (Å²) in [5.74, 6) is 0.0144. The van der Waals surface area contributed by atoms with E-state index < -0.39 is 5.97 Å². The normalized spacial score (nSPS) is 10.4. The first kappa shape index (κ1) is 20.3. The second-order valence-corrected chi connectivity index (χ2v) is 7.33. The molecule has 31 heavy (non-hydrogen) atoms. The summed E-state index contributed by atoms with van der Waals surface area (Å²) in [5, 5.41) is 5.22. The molecule has 6 nitrogen and oxygen atoms in total. The van der Waals surface area contributed by atoms with Crippen LogP contribution in [-0.2, 0) is 0 Å². The molecule has 3 aromatic carbocycles. The van der Waals surface area contributed by atoms with E-state index in [0.717, 1.165) is 10.6 Å². The van der Waals surface area contributed by atoms with E-state index in [-0.39, 0.29) is 11.6 Å². The van der Waals surface area contributed by atoms with Gasteiger partial charge in [0.15, 0.2) is 5.69 Å². The van der Waals surface area contributed by atoms with E-state index in [1.54, 1.807) is 53.9 Å². The molecule has 4 rings (SSSR count). The molecule has 1 amide bonds. The van der Waals surface area contributed by atoms with E-state index in [0.29, 0.717) is 22.7 Å². The van der Waals surface area contributed by atoms with Crippen molar-refractivity contribution in [2.45, 2.75) is 0 Å². The van der Waals surface area contributed by atoms with Gasteiger partial charge in [0.1, 0.15) is 16.5 Å². The standard InChI is InChI=1S/C24H18N2O4S/c1-29-21-10-6-5-9-19(21)22(27)25-17-11-13-18(14-12-17)30-24(28)20-15-31-23(26-20)16-7-3-2-4-8-16/h2-15H,1H3,(H,25,27). The van der Waals surface area contributed by atoms with Gasteiger partial charge in [-0.25, -0.2) is 9.78 Å². The summed E-state index contributed by atoms with van der Waals surface area (Å²) in [6, 6.07) is 23.1. The first-order chi connectivity index (χ1) is 15.1. The van der Waals surface area contributed by atoms with Gasteiger partial charge in [-0.15, -0.1) is 11.3 Å². The fourth-order valence-corrected chi connectivity index (χ4v) is 3.67. The second kappa shape index (κ2) is 9.23. The predicted octanol–water partition coefficient (Wildman–Crippen LogP) is 5.29. The van der Waals surface area contributed by atoms with Crippen molar-refractivity contribution in [3.63, 3.8) is 0 Å². The average Bonchev–Trinajstić information content (AvgIpc) is 3.31. The summed E-state index contributed by atoms with van der Waals surface area (Å²) < 4.78 is 10.6. The number of para-hydroxylation sites is 1. The Labute approximate surface area is 183 Å². The summed E-state index contributed by atoms with van der Waals surface area (Å²) in [4.78, 5) is 29.3. The Balaban J connectivity index is 1.40. The molecule has 0 atom stereocenters. The molecule has 0 unspecified atom stereocenters. The van der Waals surface area contributed by atoms with Crippen molar-refractivity contribution < 1.29 is 19.1 Å². The van der Waals surface area contributed by atoms with Gasteiger partial charge >= 0.3 is 5.97 Å². The summed E-state index contributed by atoms with van der Waals surface area (Å²) >= 11 is 1.38. The van der Waals surface area contributed by atoms with Crippen LogP contribution in [0, 0.1) is 0 Å². The zero-order valence-electron chi connectivity index (χ0n) is 16.6. The van der Waals surface area contributed by atoms with Gasteiger partial charge in [0.25, 0.3) is 5.91 Å². The SMILES string of the molecule is COc1ccccc1C(=O)Nc1ccc(OC(=O)c2csc(-c3ccccc3)n2)cc1. The Morgan fingerprint density at radius 3 is 2.35 bits per heavy atom. The zero-order valence-corrected chi connectivity index (χ0v) is 17.4. The second-order valence-electron chi connectivity index (χ2n) is 6.47. The van der Waals surface area contributed by atoms with Crippen LogP contribution in [0.15, 0.2) is 84.2 Å². The van der Waals surface area contributed by atoms with Crippen LogP contribution < -0.4 is 14.8 Å². The Hall–Kier alpha value is -3.97. The maximum atomic E-state index is 12.5. The molecule has 7 heteroatoms. The predicted molar refractivity (Wildman–Crippen MR) is 120 cm³/mol. The smallest absolute Gasteiger partial charge is 0.363 e. The molecule has 0 bridgehead atoms. The number of carbonyl (C=O) groups is 2. The highest BCUT2D eigenvalue weighted by molar-refractivity contribution is 7.13. The largest absolute Gasteiger partial charge is 0.496 e. The van der Waals surface area contributed by atoms with Crippen molar-refractivity contribution >= 4 is 28.9 Å². The van der Waals surface area contributed by atoms with E-state index in [4.69, 9.17) is 9.47 Å². The molecule has 1 aromatic heterocycles. The number of thiazole rings is 1. The van der Waals surface area contributed by atoms with Crippen molar-refractivity contribution in [3.05, 3.63) is 95.5 Å². The summed E-state index contributed by atoms with van der Waals surface area (Å²) in [6.07, 6.45) is 0. The van der Waals surface area contributed by atoms with Crippen LogP contribution in [0.2, 0.25) is 0 Å². The van der Waals surface area contributed by atoms with Gasteiger partial charge in [-0.05, 0) is 36.4 Å². The minimum absolute atomic E-state index is 0.248. The molecule has 1 N–H and O–H groups in total. The number of methoxy groups -OCH3 is 1. The molecule has 4 aromatic rings. The number of anilines is 1. The third-order valence-electron chi connectivity index (χ3n) is 4.41. The Kier molecular flexibility index (Phi) is 6.05. The van der Waals surface area contributed by atoms with E-state index in [1.807, 2.05) is 30.3 Å². The number of nitrogens with one attached hydrogen (secondary N) is 1. The molecule has 0 saturated carbocycles. The van der Waals surface area contributed by atoms with Crippen molar-refractivity contribution in [3.8, 4) is 22.1 Å². The lowest BCUT2D eigenvalue weighted by molar-refractivity contribution is 0.0729. The van der Waals surface area contributed by atoms with Gasteiger partial charge in [0, 0.05) is 16.6 Å². The minimum Gasteiger partial charge on any atom is -0.496 e. The van der Waals surface area contributed by atoms with Crippen LogP contribution in [0.25, 0.3) is 10.6 Å². The first-order valence-corrected chi connectivity index (χ1v) is 10.3. The summed E-state index contributed by atoms with van der Waals surface area (Å²) in [6.45, 7) is 0. The molecule has 0 fully saturated rings. The molecule has 1 heterocycles. The Bertz CT molecular complexity index is 1200. The minimum atomic E-state index is -0.538. The zero-order chi connectivity index (χ0) is 21.6. The lowest BCUT2D eigenvalue weighted by Crippen LogP contribution is -2.13. The fourth-order valence-electron chi connectivity index (χ4n) is 2.88. The van der Waals surface area contributed by atoms with Gasteiger partial charge in [0.05, 0.1) is 12.7 Å². The number of ether oxygens (including phenoxy) is 2. The maximum Gasteiger partial charge on any atom is 0.363 e. The van der Waals surface area contributed by atoms with Crippen LogP contribution in [0.1, 0.15) is 20.8 Å². The molecule has 0 saturated heterocycles. The highest BCUT2D eigenvalue weighted by atomic mass is 32.1. The van der Waals surface area contributed by atoms with Crippen molar-refractivity contribution in [1.82, 2.24) is 4.98 Å². The van der Waals surface area contributed by atoms with Crippen LogP contribution in [0.4, 0.5) is 5.69 Å². The molecule has 0 aliphatic heterocycles. The molecular weight excluding hydrogens is 412 g/mol. The summed E-state index contributed by atoms with van der Waals surface area (Å²) in [5.41, 5.74) is 2.19. The molecule has 154 valence electrons. The van der Waals surface area contributed by atoms with Gasteiger partial charge < -0.3 is 14.8 Å². The van der Waals surface area contributed by atoms with Crippen molar-refractivity contribution in [2.75, 3.05) is 12.4 Å². The van der Waals surface area contributed by atoms with E-state index in [1.165, 1.54) is 18.4 Å². The Morgan fingerprint density at radius 1 is 0.903 bits per heavy atom. The van der Waals surface area contributed by atoms with E-state index >= 15 is 0 Å². The number of hydrogen-bond acceptors (Lipinski definition) is 6. The number of esters is 1. The Morgan fingerprint density at radius 2 is 1.61 bits per heavy atom. The molecule has 0 spiro atoms. The highest BCUT2D eigenvalue weighted by Gasteiger charge is 2.15. The number of benzene rings is 3. The van der Waals surface area contributed by atoms with Gasteiger partial charge in [-0.3, -0.25) is 4.79 Å². The third kappa shape index (κ3) is 4.79. The van der Waals surface area contributed by atoms with Crippen LogP contribution >= 0.6 is 11.3 Å². The molecular formula is C24H18N2O4S. The quantitative estimate of drug-likeness (QED) is 0.332. The molecule has 0 aliphatic rings. The number of carbonyl (C=O) groups excluding carboxylic acids is 2. The molecule has 0 aliphatic carbocycles. The van der Waals surface area contributed by atoms with Gasteiger partial charge in [0.2, 0.25) is 0 Å². The monoisotopic (exact) mass is 430 g/mol. The average molecular weight is 430 g/mol. The van der Waals surface area contributed by atoms with Gasteiger partial charge in [-0.1, -0.05) is 42.5 Å². The number of amides is 1. The number of nitrogens with zero attached hydrogens (tertiary/aromatic N) is 1. The van der Waals surface area contributed by atoms with Crippen LogP contribution in [0.3, 0.4) is 0 Å². The number of aromatic nitrogens is 1. The third-order valence-corrected chi connectivity index (χ3v) is 5.30. The van der Waals surface area contributed by atoms with Crippen LogP contribution in [-0.4, -0.2) is 24.0 Å². The lowest BCUT2D eigenvalue weighted by Gasteiger charge is -2.09. The van der Waals surface area contributed by atoms with Crippen molar-refractivity contribution in [2.24, 2.45) is 0 Å². The van der Waals surface area contributed by atoms with Crippen LogP contribution in [0.5, 0.6) is 11.5 Å². The van der Waals surface area contributed by atoms with E-state index in [9.17, 15) is 9.59 Å². The van der Waals surface area contributed by atoms with E-state index in [2.05, 4.69) is 10.3 Å². The highest BCUT2D eigenvalue weighted by Crippen LogP contribution is 2.25. The molecule has 0 radical (unpaired) electrons. The number of rotatable bonds is 6. The fraction of sp³-hybridized carbons (Fsp3) is 0.0417. The summed E-state index contributed by atoms with van der Waals surface area (Å²) in [7, 11) is 1.51. The van der Waals surface area contributed by atoms with Crippen molar-refractivity contribution in [1.29, 1.82) is 0 Å².